The first-order valence-corrected chi connectivity index (χ1v) is 8.19. The molecule has 3 unspecified atom stereocenters. The minimum Gasteiger partial charge on any atom is -0.375 e. The molecule has 0 aromatic carbocycles. The molecule has 3 rings (SSSR count). The Morgan fingerprint density at radius 1 is 1.29 bits per heavy atom. The third-order valence-electron chi connectivity index (χ3n) is 5.00. The van der Waals surface area contributed by atoms with Gasteiger partial charge in [0, 0.05) is 12.6 Å². The molecule has 0 aromatic rings. The van der Waals surface area contributed by atoms with Crippen LogP contribution < -0.4 is 5.32 Å². The van der Waals surface area contributed by atoms with Crippen LogP contribution in [0.15, 0.2) is 0 Å². The van der Waals surface area contributed by atoms with Crippen molar-refractivity contribution < 1.29 is 14.3 Å². The van der Waals surface area contributed by atoms with Crippen molar-refractivity contribution in [3.05, 3.63) is 0 Å². The van der Waals surface area contributed by atoms with E-state index in [0.29, 0.717) is 18.9 Å². The molecular formula is C16H26N2O3. The minimum absolute atomic E-state index is 0.0262. The number of amides is 2. The standard InChI is InChI=1S/C16H26N2O3/c1-4-12-14(19)17-13(10-5-6-10)15(20)18(12)11-7-8-21-16(2,3)9-11/h10-13H,4-9H2,1-3H3,(H,17,19). The third kappa shape index (κ3) is 2.80. The molecule has 2 amide bonds. The summed E-state index contributed by atoms with van der Waals surface area (Å²) in [5.74, 6) is 0.513. The maximum absolute atomic E-state index is 12.9. The largest absolute Gasteiger partial charge is 0.375 e. The summed E-state index contributed by atoms with van der Waals surface area (Å²) in [7, 11) is 0. The molecule has 5 heteroatoms. The van der Waals surface area contributed by atoms with Gasteiger partial charge in [-0.05, 0) is 51.9 Å². The molecule has 0 bridgehead atoms. The van der Waals surface area contributed by atoms with Crippen LogP contribution in [0.25, 0.3) is 0 Å². The molecule has 3 aliphatic rings. The number of nitrogens with zero attached hydrogens (tertiary/aromatic N) is 1. The second-order valence-corrected chi connectivity index (χ2v) is 7.25. The number of ether oxygens (including phenoxy) is 1. The first-order chi connectivity index (χ1) is 9.93. The normalized spacial score (nSPS) is 36.5. The fourth-order valence-corrected chi connectivity index (χ4v) is 3.75. The van der Waals surface area contributed by atoms with Crippen LogP contribution in [-0.4, -0.2) is 47.0 Å². The molecule has 5 nitrogen and oxygen atoms in total. The SMILES string of the molecule is CCC1C(=O)NC(C2CC2)C(=O)N1C1CCOC(C)(C)C1. The van der Waals surface area contributed by atoms with Crippen LogP contribution in [0.1, 0.15) is 52.9 Å². The zero-order valence-electron chi connectivity index (χ0n) is 13.2. The highest BCUT2D eigenvalue weighted by molar-refractivity contribution is 5.97. The van der Waals surface area contributed by atoms with E-state index in [-0.39, 0.29) is 35.5 Å². The second kappa shape index (κ2) is 5.27. The van der Waals surface area contributed by atoms with Gasteiger partial charge in [-0.2, -0.15) is 0 Å². The van der Waals surface area contributed by atoms with Gasteiger partial charge in [-0.1, -0.05) is 6.92 Å². The molecule has 0 radical (unpaired) electrons. The van der Waals surface area contributed by atoms with Gasteiger partial charge in [-0.25, -0.2) is 0 Å². The van der Waals surface area contributed by atoms with Crippen molar-refractivity contribution in [3.8, 4) is 0 Å². The molecule has 1 saturated carbocycles. The zero-order valence-corrected chi connectivity index (χ0v) is 13.2. The van der Waals surface area contributed by atoms with E-state index in [1.54, 1.807) is 0 Å². The monoisotopic (exact) mass is 294 g/mol. The van der Waals surface area contributed by atoms with E-state index >= 15 is 0 Å². The van der Waals surface area contributed by atoms with E-state index in [1.165, 1.54) is 0 Å². The van der Waals surface area contributed by atoms with E-state index in [9.17, 15) is 9.59 Å². The summed E-state index contributed by atoms with van der Waals surface area (Å²) in [6.07, 6.45) is 4.42. The van der Waals surface area contributed by atoms with Crippen LogP contribution in [0.5, 0.6) is 0 Å². The Kier molecular flexibility index (Phi) is 3.72. The fraction of sp³-hybridized carbons (Fsp3) is 0.875. The van der Waals surface area contributed by atoms with E-state index in [2.05, 4.69) is 19.2 Å². The van der Waals surface area contributed by atoms with Crippen molar-refractivity contribution in [2.24, 2.45) is 5.92 Å². The molecule has 118 valence electrons. The number of hydrogen-bond donors (Lipinski definition) is 1. The molecule has 3 atom stereocenters. The van der Waals surface area contributed by atoms with Crippen LogP contribution in [-0.2, 0) is 14.3 Å². The Morgan fingerprint density at radius 2 is 2.00 bits per heavy atom. The highest BCUT2D eigenvalue weighted by atomic mass is 16.5. The zero-order chi connectivity index (χ0) is 15.2. The van der Waals surface area contributed by atoms with Crippen molar-refractivity contribution in [2.75, 3.05) is 6.61 Å². The smallest absolute Gasteiger partial charge is 0.246 e. The fourth-order valence-electron chi connectivity index (χ4n) is 3.75. The second-order valence-electron chi connectivity index (χ2n) is 7.25. The van der Waals surface area contributed by atoms with Gasteiger partial charge in [-0.3, -0.25) is 9.59 Å². The van der Waals surface area contributed by atoms with Crippen molar-refractivity contribution in [2.45, 2.75) is 76.6 Å². The molecule has 1 N–H and O–H groups in total. The van der Waals surface area contributed by atoms with Gasteiger partial charge in [-0.15, -0.1) is 0 Å². The lowest BCUT2D eigenvalue weighted by Gasteiger charge is -2.47. The van der Waals surface area contributed by atoms with Crippen LogP contribution in [0.2, 0.25) is 0 Å². The van der Waals surface area contributed by atoms with Gasteiger partial charge in [0.25, 0.3) is 0 Å². The Balaban J connectivity index is 1.84. The molecule has 0 spiro atoms. The summed E-state index contributed by atoms with van der Waals surface area (Å²) in [4.78, 5) is 27.2. The first kappa shape index (κ1) is 14.8. The van der Waals surface area contributed by atoms with E-state index < -0.39 is 0 Å². The van der Waals surface area contributed by atoms with Crippen molar-refractivity contribution >= 4 is 11.8 Å². The van der Waals surface area contributed by atoms with Gasteiger partial charge in [0.2, 0.25) is 11.8 Å². The lowest BCUT2D eigenvalue weighted by atomic mass is 9.89. The number of carbonyl (C=O) groups is 2. The highest BCUT2D eigenvalue weighted by Gasteiger charge is 2.49. The molecule has 2 aliphatic heterocycles. The lowest BCUT2D eigenvalue weighted by molar-refractivity contribution is -0.159. The quantitative estimate of drug-likeness (QED) is 0.857. The highest BCUT2D eigenvalue weighted by Crippen LogP contribution is 2.37. The average Bonchev–Trinajstić information content (AvgIpc) is 3.23. The molecule has 1 aliphatic carbocycles. The van der Waals surface area contributed by atoms with Gasteiger partial charge >= 0.3 is 0 Å². The Morgan fingerprint density at radius 3 is 2.57 bits per heavy atom. The van der Waals surface area contributed by atoms with Crippen LogP contribution >= 0.6 is 0 Å². The molecule has 0 aromatic heterocycles. The summed E-state index contributed by atoms with van der Waals surface area (Å²) in [6, 6.07) is -0.476. The first-order valence-electron chi connectivity index (χ1n) is 8.19. The maximum atomic E-state index is 12.9. The van der Waals surface area contributed by atoms with Crippen molar-refractivity contribution in [1.29, 1.82) is 0 Å². The molecule has 2 heterocycles. The van der Waals surface area contributed by atoms with E-state index in [0.717, 1.165) is 25.7 Å². The summed E-state index contributed by atoms with van der Waals surface area (Å²) >= 11 is 0. The van der Waals surface area contributed by atoms with Gasteiger partial charge < -0.3 is 15.0 Å². The summed E-state index contributed by atoms with van der Waals surface area (Å²) in [5.41, 5.74) is -0.218. The van der Waals surface area contributed by atoms with Crippen molar-refractivity contribution in [3.63, 3.8) is 0 Å². The summed E-state index contributed by atoms with van der Waals surface area (Å²) in [6.45, 7) is 6.76. The summed E-state index contributed by atoms with van der Waals surface area (Å²) in [5, 5.41) is 2.96. The van der Waals surface area contributed by atoms with E-state index in [4.69, 9.17) is 4.74 Å². The average molecular weight is 294 g/mol. The Hall–Kier alpha value is -1.10. The Labute approximate surface area is 126 Å². The Bertz CT molecular complexity index is 445. The molecular weight excluding hydrogens is 268 g/mol. The number of rotatable bonds is 3. The topological polar surface area (TPSA) is 58.6 Å². The molecule has 3 fully saturated rings. The summed E-state index contributed by atoms with van der Waals surface area (Å²) < 4.78 is 5.77. The van der Waals surface area contributed by atoms with Gasteiger partial charge in [0.1, 0.15) is 12.1 Å². The maximum Gasteiger partial charge on any atom is 0.246 e. The van der Waals surface area contributed by atoms with Crippen LogP contribution in [0.4, 0.5) is 0 Å². The molecule has 2 saturated heterocycles. The van der Waals surface area contributed by atoms with Gasteiger partial charge in [0.05, 0.1) is 5.60 Å². The van der Waals surface area contributed by atoms with Crippen LogP contribution in [0, 0.1) is 5.92 Å². The number of carbonyl (C=O) groups excluding carboxylic acids is 2. The van der Waals surface area contributed by atoms with E-state index in [1.807, 2.05) is 11.8 Å². The third-order valence-corrected chi connectivity index (χ3v) is 5.00. The predicted octanol–water partition coefficient (Wildman–Crippen LogP) is 1.46. The predicted molar refractivity (Wildman–Crippen MR) is 78.6 cm³/mol. The number of nitrogens with one attached hydrogen (secondary N) is 1. The van der Waals surface area contributed by atoms with Crippen LogP contribution in [0.3, 0.4) is 0 Å². The van der Waals surface area contributed by atoms with Gasteiger partial charge in [0.15, 0.2) is 0 Å². The lowest BCUT2D eigenvalue weighted by Crippen LogP contribution is -2.67. The minimum atomic E-state index is -0.314. The molecule has 21 heavy (non-hydrogen) atoms. The number of hydrogen-bond acceptors (Lipinski definition) is 3. The number of piperazine rings is 1. The van der Waals surface area contributed by atoms with Crippen molar-refractivity contribution in [1.82, 2.24) is 10.2 Å².